The van der Waals surface area contributed by atoms with Gasteiger partial charge in [-0.15, -0.1) is 5.10 Å². The lowest BCUT2D eigenvalue weighted by molar-refractivity contribution is -0.0734. The summed E-state index contributed by atoms with van der Waals surface area (Å²) in [4.78, 5) is 6.94. The number of anilines is 2. The van der Waals surface area contributed by atoms with Crippen LogP contribution in [0.4, 0.5) is 20.2 Å². The van der Waals surface area contributed by atoms with Crippen molar-refractivity contribution in [1.82, 2.24) is 24.9 Å². The molecule has 46 heavy (non-hydrogen) atoms. The number of nitriles is 1. The largest absolute Gasteiger partial charge is 0.378 e. The molecule has 0 spiro atoms. The Kier molecular flexibility index (Phi) is 8.58. The number of hydrogen-bond acceptors (Lipinski definition) is 7. The molecule has 8 nitrogen and oxygen atoms in total. The first kappa shape index (κ1) is 30.5. The molecule has 5 aromatic rings. The zero-order valence-electron chi connectivity index (χ0n) is 24.6. The summed E-state index contributed by atoms with van der Waals surface area (Å²) in [5.41, 5.74) is 4.27. The fraction of sp³-hybridized carbons (Fsp3) is 0.294. The first-order chi connectivity index (χ1) is 22.4. The molecule has 2 aliphatic rings. The monoisotopic (exact) mass is 659 g/mol. The number of rotatable bonds is 8. The quantitative estimate of drug-likeness (QED) is 0.185. The van der Waals surface area contributed by atoms with Crippen LogP contribution in [0.1, 0.15) is 47.2 Å². The number of benzene rings is 3. The van der Waals surface area contributed by atoms with Crippen LogP contribution >= 0.6 is 23.2 Å². The third-order valence-corrected chi connectivity index (χ3v) is 9.48. The minimum absolute atomic E-state index is 0.0470. The number of pyridine rings is 1. The van der Waals surface area contributed by atoms with Gasteiger partial charge in [-0.25, -0.2) is 13.5 Å². The summed E-state index contributed by atoms with van der Waals surface area (Å²) >= 11 is 12.8. The first-order valence-electron chi connectivity index (χ1n) is 15.1. The molecule has 0 bridgehead atoms. The van der Waals surface area contributed by atoms with Crippen LogP contribution in [-0.2, 0) is 11.2 Å². The van der Waals surface area contributed by atoms with Crippen molar-refractivity contribution in [2.75, 3.05) is 31.6 Å². The van der Waals surface area contributed by atoms with Gasteiger partial charge in [0.25, 0.3) is 0 Å². The summed E-state index contributed by atoms with van der Waals surface area (Å²) in [5, 5.41) is 23.3. The zero-order valence-corrected chi connectivity index (χ0v) is 26.1. The van der Waals surface area contributed by atoms with Gasteiger partial charge in [-0.1, -0.05) is 40.5 Å². The third-order valence-electron chi connectivity index (χ3n) is 8.90. The van der Waals surface area contributed by atoms with E-state index in [9.17, 15) is 14.0 Å². The van der Waals surface area contributed by atoms with Gasteiger partial charge in [0.1, 0.15) is 17.7 Å². The molecule has 1 N–H and O–H groups in total. The van der Waals surface area contributed by atoms with Gasteiger partial charge >= 0.3 is 0 Å². The second-order valence-corrected chi connectivity index (χ2v) is 12.6. The highest BCUT2D eigenvalue weighted by molar-refractivity contribution is 6.35. The van der Waals surface area contributed by atoms with Gasteiger partial charge in [0.05, 0.1) is 57.8 Å². The van der Waals surface area contributed by atoms with Crippen LogP contribution in [0.2, 0.25) is 10.0 Å². The number of nitrogens with zero attached hydrogens (tertiary/aromatic N) is 6. The molecule has 0 radical (unpaired) electrons. The number of nitrogens with one attached hydrogen (secondary N) is 1. The highest BCUT2D eigenvalue weighted by atomic mass is 35.5. The lowest BCUT2D eigenvalue weighted by Crippen LogP contribution is -2.51. The van der Waals surface area contributed by atoms with Crippen molar-refractivity contribution in [1.29, 1.82) is 5.26 Å². The minimum Gasteiger partial charge on any atom is -0.378 e. The molecule has 2 fully saturated rings. The van der Waals surface area contributed by atoms with E-state index in [0.29, 0.717) is 39.8 Å². The minimum atomic E-state index is -0.546. The molecule has 0 unspecified atom stereocenters. The molecule has 4 heterocycles. The summed E-state index contributed by atoms with van der Waals surface area (Å²) < 4.78 is 35.2. The van der Waals surface area contributed by atoms with E-state index in [2.05, 4.69) is 31.6 Å². The van der Waals surface area contributed by atoms with Crippen molar-refractivity contribution < 1.29 is 13.5 Å². The average Bonchev–Trinajstić information content (AvgIpc) is 3.52. The normalized spacial score (nSPS) is 16.7. The van der Waals surface area contributed by atoms with Crippen LogP contribution in [0.15, 0.2) is 67.0 Å². The van der Waals surface area contributed by atoms with Gasteiger partial charge in [-0.3, -0.25) is 9.88 Å². The van der Waals surface area contributed by atoms with Crippen LogP contribution in [0.5, 0.6) is 0 Å². The molecular formula is C34H29Cl2F2N7O. The lowest BCUT2D eigenvalue weighted by Gasteiger charge is -2.41. The highest BCUT2D eigenvalue weighted by Gasteiger charge is 2.31. The molecule has 1 atom stereocenters. The van der Waals surface area contributed by atoms with Gasteiger partial charge < -0.3 is 10.1 Å². The van der Waals surface area contributed by atoms with E-state index in [1.165, 1.54) is 30.5 Å². The van der Waals surface area contributed by atoms with Crippen molar-refractivity contribution in [2.24, 2.45) is 0 Å². The van der Waals surface area contributed by atoms with E-state index in [1.54, 1.807) is 18.2 Å². The van der Waals surface area contributed by atoms with Gasteiger partial charge in [-0.2, -0.15) is 5.26 Å². The van der Waals surface area contributed by atoms with Crippen molar-refractivity contribution in [2.45, 2.75) is 37.3 Å². The van der Waals surface area contributed by atoms with E-state index in [0.717, 1.165) is 56.0 Å². The van der Waals surface area contributed by atoms with E-state index in [4.69, 9.17) is 27.9 Å². The topological polar surface area (TPSA) is 91.9 Å². The molecule has 12 heteroatoms. The van der Waals surface area contributed by atoms with Gasteiger partial charge in [-0.05, 0) is 72.9 Å². The maximum absolute atomic E-state index is 14.0. The number of halogens is 4. The zero-order chi connectivity index (χ0) is 31.8. The van der Waals surface area contributed by atoms with Gasteiger partial charge in [0.2, 0.25) is 0 Å². The molecular weight excluding hydrogens is 631 g/mol. The molecule has 3 aromatic carbocycles. The Morgan fingerprint density at radius 2 is 1.78 bits per heavy atom. The molecule has 0 amide bonds. The number of piperidine rings is 1. The standard InChI is InChI=1S/C34H29Cl2F2N7O/c35-29-14-24(5-6-31(29)38)41-33-22(15-39)16-40-34-28(33)12-20(13-30(34)36)11-27(21-1-3-23(37)4-2-21)32-17-45(43-42-32)25-7-9-44(10-8-25)26-18-46-19-26/h1-6,12-14,16-17,25-27H,7-11,18-19H2,(H,40,41)/t27-/m0/s1. The summed E-state index contributed by atoms with van der Waals surface area (Å²) in [6.07, 6.45) is 5.88. The van der Waals surface area contributed by atoms with Crippen molar-refractivity contribution in [3.8, 4) is 6.07 Å². The second-order valence-electron chi connectivity index (χ2n) is 11.8. The summed E-state index contributed by atoms with van der Waals surface area (Å²) in [5.74, 6) is -1.12. The van der Waals surface area contributed by atoms with E-state index < -0.39 is 5.82 Å². The van der Waals surface area contributed by atoms with Crippen molar-refractivity contribution in [3.05, 3.63) is 111 Å². The predicted octanol–water partition coefficient (Wildman–Crippen LogP) is 7.44. The fourth-order valence-corrected chi connectivity index (χ4v) is 6.74. The average molecular weight is 661 g/mol. The summed E-state index contributed by atoms with van der Waals surface area (Å²) in [7, 11) is 0. The molecule has 0 aliphatic carbocycles. The Morgan fingerprint density at radius 1 is 1.00 bits per heavy atom. The van der Waals surface area contributed by atoms with Crippen LogP contribution in [0.25, 0.3) is 10.9 Å². The van der Waals surface area contributed by atoms with E-state index in [-0.39, 0.29) is 28.4 Å². The Hall–Kier alpha value is -4.14. The maximum atomic E-state index is 14.0. The molecule has 2 saturated heterocycles. The lowest BCUT2D eigenvalue weighted by atomic mass is 9.89. The number of likely N-dealkylation sites (tertiary alicyclic amines) is 1. The van der Waals surface area contributed by atoms with Crippen LogP contribution in [0.3, 0.4) is 0 Å². The number of ether oxygens (including phenoxy) is 1. The first-order valence-corrected chi connectivity index (χ1v) is 15.8. The third kappa shape index (κ3) is 6.16. The molecule has 0 saturated carbocycles. The van der Waals surface area contributed by atoms with Crippen LogP contribution in [0, 0.1) is 23.0 Å². The van der Waals surface area contributed by atoms with Gasteiger partial charge in [0.15, 0.2) is 0 Å². The SMILES string of the molecule is N#Cc1cnc2c(Cl)cc(C[C@@H](c3ccc(F)cc3)c3cn(C4CCN(C5COC5)CC4)nn3)cc2c1Nc1ccc(F)c(Cl)c1. The predicted molar refractivity (Wildman–Crippen MR) is 173 cm³/mol. The Balaban J connectivity index is 1.22. The summed E-state index contributed by atoms with van der Waals surface area (Å²) in [6, 6.07) is 17.4. The number of aromatic nitrogens is 4. The van der Waals surface area contributed by atoms with Crippen molar-refractivity contribution >= 4 is 45.5 Å². The van der Waals surface area contributed by atoms with Crippen molar-refractivity contribution in [3.63, 3.8) is 0 Å². The molecule has 2 aliphatic heterocycles. The van der Waals surface area contributed by atoms with Gasteiger partial charge in [0, 0.05) is 42.5 Å². The highest BCUT2D eigenvalue weighted by Crippen LogP contribution is 2.37. The molecule has 2 aromatic heterocycles. The smallest absolute Gasteiger partial charge is 0.141 e. The van der Waals surface area contributed by atoms with Crippen LogP contribution in [-0.4, -0.2) is 57.2 Å². The van der Waals surface area contributed by atoms with Crippen LogP contribution < -0.4 is 5.32 Å². The number of hydrogen-bond donors (Lipinski definition) is 1. The number of fused-ring (bicyclic) bond motifs is 1. The molecule has 234 valence electrons. The fourth-order valence-electron chi connectivity index (χ4n) is 6.27. The van der Waals surface area contributed by atoms with E-state index in [1.807, 2.05) is 23.0 Å². The second kappa shape index (κ2) is 12.9. The summed E-state index contributed by atoms with van der Waals surface area (Å²) in [6.45, 7) is 3.60. The Morgan fingerprint density at radius 3 is 2.48 bits per heavy atom. The molecule has 7 rings (SSSR count). The Labute approximate surface area is 274 Å². The maximum Gasteiger partial charge on any atom is 0.141 e. The van der Waals surface area contributed by atoms with E-state index >= 15 is 0 Å². The Bertz CT molecular complexity index is 1930.